The van der Waals surface area contributed by atoms with Crippen molar-refractivity contribution in [3.05, 3.63) is 23.8 Å². The molecule has 0 aromatic heterocycles. The average Bonchev–Trinajstić information content (AvgIpc) is 2.73. The van der Waals surface area contributed by atoms with Crippen LogP contribution in [0, 0.1) is 11.6 Å². The van der Waals surface area contributed by atoms with Crippen LogP contribution in [0.2, 0.25) is 0 Å². The molecule has 1 aliphatic heterocycles. The fraction of sp³-hybridized carbons (Fsp3) is 0.455. The Morgan fingerprint density at radius 2 is 2.19 bits per heavy atom. The predicted octanol–water partition coefficient (Wildman–Crippen LogP) is 1.77. The third-order valence-corrected chi connectivity index (χ3v) is 2.89. The molecule has 1 aliphatic rings. The maximum absolute atomic E-state index is 13.6. The monoisotopic (exact) mass is 228 g/mol. The lowest BCUT2D eigenvalue weighted by Gasteiger charge is -2.21. The third-order valence-electron chi connectivity index (χ3n) is 2.89. The van der Waals surface area contributed by atoms with Crippen LogP contribution < -0.4 is 10.6 Å². The predicted molar refractivity (Wildman–Crippen MR) is 58.4 cm³/mol. The summed E-state index contributed by atoms with van der Waals surface area (Å²) in [7, 11) is 1.61. The lowest BCUT2D eigenvalue weighted by atomic mass is 10.2. The number of hydrogen-bond donors (Lipinski definition) is 1. The first-order valence-electron chi connectivity index (χ1n) is 5.14. The number of rotatable bonds is 2. The molecule has 0 aliphatic carbocycles. The Morgan fingerprint density at radius 3 is 2.81 bits per heavy atom. The number of ether oxygens (including phenoxy) is 1. The SMILES string of the molecule is COC1CCN(c2c(N)ccc(F)c2F)C1. The molecule has 16 heavy (non-hydrogen) atoms. The molecule has 88 valence electrons. The number of halogens is 2. The van der Waals surface area contributed by atoms with Crippen molar-refractivity contribution in [2.24, 2.45) is 0 Å². The zero-order valence-electron chi connectivity index (χ0n) is 9.04. The third kappa shape index (κ3) is 1.82. The van der Waals surface area contributed by atoms with E-state index in [1.165, 1.54) is 6.07 Å². The van der Waals surface area contributed by atoms with Gasteiger partial charge in [-0.3, -0.25) is 0 Å². The van der Waals surface area contributed by atoms with E-state index in [1.54, 1.807) is 12.0 Å². The molecule has 5 heteroatoms. The van der Waals surface area contributed by atoms with Gasteiger partial charge in [0.25, 0.3) is 0 Å². The summed E-state index contributed by atoms with van der Waals surface area (Å²) in [6.07, 6.45) is 0.855. The smallest absolute Gasteiger partial charge is 0.184 e. The van der Waals surface area contributed by atoms with Crippen LogP contribution in [0.15, 0.2) is 12.1 Å². The summed E-state index contributed by atoms with van der Waals surface area (Å²) in [5.74, 6) is -1.75. The Hall–Kier alpha value is -1.36. The minimum absolute atomic E-state index is 0.0575. The van der Waals surface area contributed by atoms with Gasteiger partial charge in [0.05, 0.1) is 17.5 Å². The van der Waals surface area contributed by atoms with Gasteiger partial charge in [-0.2, -0.15) is 0 Å². The molecule has 2 N–H and O–H groups in total. The molecular weight excluding hydrogens is 214 g/mol. The maximum Gasteiger partial charge on any atom is 0.184 e. The Kier molecular flexibility index (Phi) is 2.96. The summed E-state index contributed by atoms with van der Waals surface area (Å²) in [4.78, 5) is 1.72. The Labute approximate surface area is 92.8 Å². The number of nitrogens with zero attached hydrogens (tertiary/aromatic N) is 1. The van der Waals surface area contributed by atoms with Crippen molar-refractivity contribution >= 4 is 11.4 Å². The van der Waals surface area contributed by atoms with Gasteiger partial charge in [-0.1, -0.05) is 0 Å². The van der Waals surface area contributed by atoms with Gasteiger partial charge in [-0.15, -0.1) is 0 Å². The van der Waals surface area contributed by atoms with Gasteiger partial charge in [0.15, 0.2) is 11.6 Å². The van der Waals surface area contributed by atoms with Gasteiger partial charge in [-0.05, 0) is 18.6 Å². The molecule has 1 heterocycles. The number of hydrogen-bond acceptors (Lipinski definition) is 3. The van der Waals surface area contributed by atoms with Crippen LogP contribution >= 0.6 is 0 Å². The van der Waals surface area contributed by atoms with Gasteiger partial charge < -0.3 is 15.4 Å². The minimum atomic E-state index is -0.878. The number of methoxy groups -OCH3 is 1. The Morgan fingerprint density at radius 1 is 1.44 bits per heavy atom. The van der Waals surface area contributed by atoms with Crippen molar-refractivity contribution in [1.29, 1.82) is 0 Å². The number of nitrogen functional groups attached to an aromatic ring is 1. The molecular formula is C11H14F2N2O. The van der Waals surface area contributed by atoms with E-state index in [1.807, 2.05) is 0 Å². The minimum Gasteiger partial charge on any atom is -0.397 e. The van der Waals surface area contributed by atoms with Crippen LogP contribution in [-0.4, -0.2) is 26.3 Å². The van der Waals surface area contributed by atoms with E-state index in [9.17, 15) is 8.78 Å². The van der Waals surface area contributed by atoms with Gasteiger partial charge in [-0.25, -0.2) is 8.78 Å². The summed E-state index contributed by atoms with van der Waals surface area (Å²) in [5, 5.41) is 0. The van der Waals surface area contributed by atoms with Crippen LogP contribution in [0.1, 0.15) is 6.42 Å². The summed E-state index contributed by atoms with van der Waals surface area (Å²) in [6.45, 7) is 1.17. The summed E-state index contributed by atoms with van der Waals surface area (Å²) in [6, 6.07) is 2.42. The second-order valence-electron chi connectivity index (χ2n) is 3.89. The summed E-state index contributed by atoms with van der Waals surface area (Å²) >= 11 is 0. The first-order valence-corrected chi connectivity index (χ1v) is 5.14. The van der Waals surface area contributed by atoms with Gasteiger partial charge in [0.1, 0.15) is 0 Å². The van der Waals surface area contributed by atoms with Crippen LogP contribution in [0.5, 0.6) is 0 Å². The van der Waals surface area contributed by atoms with Crippen LogP contribution in [0.3, 0.4) is 0 Å². The van der Waals surface area contributed by atoms with E-state index < -0.39 is 11.6 Å². The standard InChI is InChI=1S/C11H14F2N2O/c1-16-7-4-5-15(6-7)11-9(14)3-2-8(12)10(11)13/h2-3,7H,4-6,14H2,1H3. The highest BCUT2D eigenvalue weighted by Crippen LogP contribution is 2.31. The van der Waals surface area contributed by atoms with Crippen molar-refractivity contribution < 1.29 is 13.5 Å². The first kappa shape index (κ1) is 11.1. The number of anilines is 2. The highest BCUT2D eigenvalue weighted by molar-refractivity contribution is 5.68. The van der Waals surface area contributed by atoms with E-state index in [0.717, 1.165) is 12.5 Å². The molecule has 0 saturated carbocycles. The largest absolute Gasteiger partial charge is 0.397 e. The van der Waals surface area contributed by atoms with Crippen molar-refractivity contribution in [3.8, 4) is 0 Å². The summed E-state index contributed by atoms with van der Waals surface area (Å²) in [5.41, 5.74) is 6.08. The molecule has 1 aromatic carbocycles. The van der Waals surface area contributed by atoms with Crippen molar-refractivity contribution in [1.82, 2.24) is 0 Å². The lowest BCUT2D eigenvalue weighted by Crippen LogP contribution is -2.24. The molecule has 2 rings (SSSR count). The molecule has 0 spiro atoms. The van der Waals surface area contributed by atoms with E-state index in [4.69, 9.17) is 10.5 Å². The normalized spacial score (nSPS) is 20.4. The second-order valence-corrected chi connectivity index (χ2v) is 3.89. The van der Waals surface area contributed by atoms with Gasteiger partial charge >= 0.3 is 0 Å². The zero-order valence-corrected chi connectivity index (χ0v) is 9.04. The Balaban J connectivity index is 2.30. The topological polar surface area (TPSA) is 38.5 Å². The highest BCUT2D eigenvalue weighted by Gasteiger charge is 2.26. The average molecular weight is 228 g/mol. The molecule has 1 unspecified atom stereocenters. The quantitative estimate of drug-likeness (QED) is 0.784. The van der Waals surface area contributed by atoms with Crippen molar-refractivity contribution in [2.75, 3.05) is 30.8 Å². The van der Waals surface area contributed by atoms with Crippen LogP contribution in [0.25, 0.3) is 0 Å². The van der Waals surface area contributed by atoms with E-state index in [0.29, 0.717) is 13.1 Å². The number of nitrogens with two attached hydrogens (primary N) is 1. The first-order chi connectivity index (χ1) is 7.63. The van der Waals surface area contributed by atoms with E-state index in [2.05, 4.69) is 0 Å². The molecule has 0 bridgehead atoms. The lowest BCUT2D eigenvalue weighted by molar-refractivity contribution is 0.121. The van der Waals surface area contributed by atoms with Crippen LogP contribution in [0.4, 0.5) is 20.2 Å². The van der Waals surface area contributed by atoms with Crippen molar-refractivity contribution in [2.45, 2.75) is 12.5 Å². The fourth-order valence-electron chi connectivity index (χ4n) is 2.00. The van der Waals surface area contributed by atoms with Gasteiger partial charge in [0.2, 0.25) is 0 Å². The molecule has 0 amide bonds. The molecule has 1 fully saturated rings. The molecule has 1 aromatic rings. The molecule has 1 saturated heterocycles. The highest BCUT2D eigenvalue weighted by atomic mass is 19.2. The van der Waals surface area contributed by atoms with Crippen molar-refractivity contribution in [3.63, 3.8) is 0 Å². The Bertz CT molecular complexity index is 398. The van der Waals surface area contributed by atoms with E-state index >= 15 is 0 Å². The fourth-order valence-corrected chi connectivity index (χ4v) is 2.00. The second kappa shape index (κ2) is 4.25. The molecule has 0 radical (unpaired) electrons. The maximum atomic E-state index is 13.6. The van der Waals surface area contributed by atoms with Gasteiger partial charge in [0, 0.05) is 20.2 Å². The van der Waals surface area contributed by atoms with Crippen LogP contribution in [-0.2, 0) is 4.74 Å². The van der Waals surface area contributed by atoms with E-state index in [-0.39, 0.29) is 17.5 Å². The molecule has 1 atom stereocenters. The molecule has 3 nitrogen and oxygen atoms in total. The number of benzene rings is 1. The zero-order chi connectivity index (χ0) is 11.7. The summed E-state index contributed by atoms with van der Waals surface area (Å²) < 4.78 is 31.9.